The van der Waals surface area contributed by atoms with Gasteiger partial charge in [-0.25, -0.2) is 14.1 Å². The fraction of sp³-hybridized carbons (Fsp3) is 0.346. The Hall–Kier alpha value is -3.48. The van der Waals surface area contributed by atoms with Crippen LogP contribution in [0.4, 0.5) is 20.6 Å². The van der Waals surface area contributed by atoms with Crippen LogP contribution < -0.4 is 15.1 Å². The van der Waals surface area contributed by atoms with E-state index in [4.69, 9.17) is 0 Å². The predicted octanol–water partition coefficient (Wildman–Crippen LogP) is 4.83. The number of imide groups is 2. The van der Waals surface area contributed by atoms with Gasteiger partial charge in [0.15, 0.2) is 0 Å². The van der Waals surface area contributed by atoms with Crippen molar-refractivity contribution in [3.05, 3.63) is 64.0 Å². The van der Waals surface area contributed by atoms with Crippen molar-refractivity contribution in [1.29, 1.82) is 0 Å². The van der Waals surface area contributed by atoms with E-state index in [1.54, 1.807) is 18.2 Å². The lowest BCUT2D eigenvalue weighted by Gasteiger charge is -2.45. The van der Waals surface area contributed by atoms with E-state index < -0.39 is 23.7 Å². The van der Waals surface area contributed by atoms with E-state index in [0.717, 1.165) is 33.7 Å². The Bertz CT molecular complexity index is 1210. The van der Waals surface area contributed by atoms with Gasteiger partial charge >= 0.3 is 6.03 Å². The number of carbonyl (C=O) groups excluding carboxylic acids is 3. The van der Waals surface area contributed by atoms with E-state index in [2.05, 4.69) is 31.0 Å². The Balaban J connectivity index is 1.78. The van der Waals surface area contributed by atoms with Crippen molar-refractivity contribution < 1.29 is 18.8 Å². The minimum atomic E-state index is -0.839. The van der Waals surface area contributed by atoms with Crippen molar-refractivity contribution in [2.45, 2.75) is 52.5 Å². The smallest absolute Gasteiger partial charge is 0.335 e. The molecule has 2 aromatic rings. The second-order valence-corrected chi connectivity index (χ2v) is 9.71. The number of urea groups is 1. The molecule has 1 N–H and O–H groups in total. The lowest BCUT2D eigenvalue weighted by molar-refractivity contribution is -0.122. The number of fused-ring (bicyclic) bond motifs is 1. The quantitative estimate of drug-likeness (QED) is 0.527. The molecule has 0 saturated carbocycles. The molecule has 2 aliphatic heterocycles. The number of barbiturate groups is 1. The van der Waals surface area contributed by atoms with E-state index in [1.807, 2.05) is 27.0 Å². The first-order valence-corrected chi connectivity index (χ1v) is 11.0. The number of nitrogens with one attached hydrogen (secondary N) is 1. The SMILES string of the molecule is Cc1cc(C)cc(N2C(=O)NC(=O)/C(=C/c3cc4c(cc3F)N(C)C(C)(C)CC4C)C2=O)c1. The van der Waals surface area contributed by atoms with Gasteiger partial charge in [-0.05, 0) is 87.1 Å². The molecule has 7 heteroatoms. The number of carbonyl (C=O) groups is 3. The molecule has 33 heavy (non-hydrogen) atoms. The molecule has 0 aromatic heterocycles. The highest BCUT2D eigenvalue weighted by atomic mass is 19.1. The van der Waals surface area contributed by atoms with Crippen molar-refractivity contribution in [2.75, 3.05) is 16.8 Å². The molecule has 1 unspecified atom stereocenters. The van der Waals surface area contributed by atoms with Crippen LogP contribution in [-0.4, -0.2) is 30.4 Å². The topological polar surface area (TPSA) is 69.7 Å². The van der Waals surface area contributed by atoms with Crippen LogP contribution in [0.25, 0.3) is 6.08 Å². The van der Waals surface area contributed by atoms with Gasteiger partial charge in [0, 0.05) is 23.8 Å². The summed E-state index contributed by atoms with van der Waals surface area (Å²) in [4.78, 5) is 41.3. The summed E-state index contributed by atoms with van der Waals surface area (Å²) in [6, 6.07) is 7.63. The molecule has 172 valence electrons. The number of benzene rings is 2. The van der Waals surface area contributed by atoms with Crippen LogP contribution in [0.15, 0.2) is 35.9 Å². The third kappa shape index (κ3) is 3.92. The molecule has 2 aromatic carbocycles. The van der Waals surface area contributed by atoms with Crippen LogP contribution in [-0.2, 0) is 9.59 Å². The second kappa shape index (κ2) is 7.83. The minimum absolute atomic E-state index is 0.120. The van der Waals surface area contributed by atoms with Crippen LogP contribution >= 0.6 is 0 Å². The molecular formula is C26H28FN3O3. The summed E-state index contributed by atoms with van der Waals surface area (Å²) in [5.41, 5.74) is 3.58. The number of halogens is 1. The molecule has 4 amide bonds. The van der Waals surface area contributed by atoms with E-state index >= 15 is 4.39 Å². The number of hydrogen-bond acceptors (Lipinski definition) is 4. The molecule has 0 radical (unpaired) electrons. The molecule has 1 atom stereocenters. The van der Waals surface area contributed by atoms with Crippen molar-refractivity contribution in [3.63, 3.8) is 0 Å². The number of nitrogens with zero attached hydrogens (tertiary/aromatic N) is 2. The first kappa shape index (κ1) is 22.7. The van der Waals surface area contributed by atoms with E-state index in [-0.39, 0.29) is 22.6 Å². The predicted molar refractivity (Wildman–Crippen MR) is 127 cm³/mol. The zero-order chi connectivity index (χ0) is 24.2. The van der Waals surface area contributed by atoms with Gasteiger partial charge in [-0.15, -0.1) is 0 Å². The highest BCUT2D eigenvalue weighted by molar-refractivity contribution is 6.39. The Kier molecular flexibility index (Phi) is 5.39. The van der Waals surface area contributed by atoms with Crippen molar-refractivity contribution >= 4 is 35.3 Å². The number of rotatable bonds is 2. The number of amides is 4. The minimum Gasteiger partial charge on any atom is -0.369 e. The van der Waals surface area contributed by atoms with E-state index in [0.29, 0.717) is 5.69 Å². The fourth-order valence-electron chi connectivity index (χ4n) is 4.84. The largest absolute Gasteiger partial charge is 0.369 e. The van der Waals surface area contributed by atoms with Crippen LogP contribution in [0.5, 0.6) is 0 Å². The van der Waals surface area contributed by atoms with Gasteiger partial charge in [-0.2, -0.15) is 0 Å². The maximum Gasteiger partial charge on any atom is 0.335 e. The Morgan fingerprint density at radius 3 is 2.33 bits per heavy atom. The summed E-state index contributed by atoms with van der Waals surface area (Å²) in [6.07, 6.45) is 2.12. The molecule has 4 rings (SSSR count). The highest BCUT2D eigenvalue weighted by Gasteiger charge is 2.38. The summed E-state index contributed by atoms with van der Waals surface area (Å²) in [5.74, 6) is -1.98. The Morgan fingerprint density at radius 1 is 1.06 bits per heavy atom. The standard InChI is InChI=1S/C26H28FN3O3/c1-14-7-15(2)9-18(8-14)30-24(32)20(23(31)28-25(30)33)11-17-10-19-16(3)13-26(4,5)29(6)22(19)12-21(17)27/h7-12,16H,13H2,1-6H3,(H,28,31,33)/b20-11-. The Morgan fingerprint density at radius 2 is 1.70 bits per heavy atom. The first-order chi connectivity index (χ1) is 15.4. The first-order valence-electron chi connectivity index (χ1n) is 11.0. The van der Waals surface area contributed by atoms with Gasteiger partial charge in [0.1, 0.15) is 11.4 Å². The van der Waals surface area contributed by atoms with E-state index in [1.165, 1.54) is 12.1 Å². The second-order valence-electron chi connectivity index (χ2n) is 9.71. The van der Waals surface area contributed by atoms with Crippen molar-refractivity contribution in [1.82, 2.24) is 5.32 Å². The zero-order valence-electron chi connectivity index (χ0n) is 19.7. The summed E-state index contributed by atoms with van der Waals surface area (Å²) in [7, 11) is 1.94. The number of aryl methyl sites for hydroxylation is 2. The normalized spacial score (nSPS) is 21.4. The zero-order valence-corrected chi connectivity index (χ0v) is 19.7. The van der Waals surface area contributed by atoms with Gasteiger partial charge < -0.3 is 4.90 Å². The molecule has 2 heterocycles. The number of anilines is 2. The molecule has 1 fully saturated rings. The molecule has 2 aliphatic rings. The third-order valence-electron chi connectivity index (χ3n) is 6.62. The summed E-state index contributed by atoms with van der Waals surface area (Å²) < 4.78 is 15.1. The van der Waals surface area contributed by atoms with Crippen LogP contribution in [0.1, 0.15) is 55.4 Å². The van der Waals surface area contributed by atoms with Gasteiger partial charge in [-0.1, -0.05) is 13.0 Å². The van der Waals surface area contributed by atoms with Gasteiger partial charge in [0.25, 0.3) is 11.8 Å². The third-order valence-corrected chi connectivity index (χ3v) is 6.62. The van der Waals surface area contributed by atoms with Gasteiger partial charge in [0.05, 0.1) is 5.69 Å². The van der Waals surface area contributed by atoms with Crippen LogP contribution in [0, 0.1) is 19.7 Å². The van der Waals surface area contributed by atoms with Crippen LogP contribution in [0.2, 0.25) is 0 Å². The van der Waals surface area contributed by atoms with E-state index in [9.17, 15) is 14.4 Å². The summed E-state index contributed by atoms with van der Waals surface area (Å²) in [6.45, 7) is 10.0. The molecular weight excluding hydrogens is 421 g/mol. The monoisotopic (exact) mass is 449 g/mol. The molecule has 6 nitrogen and oxygen atoms in total. The Labute approximate surface area is 193 Å². The maximum atomic E-state index is 15.1. The summed E-state index contributed by atoms with van der Waals surface area (Å²) >= 11 is 0. The molecule has 0 bridgehead atoms. The molecule has 1 saturated heterocycles. The molecule has 0 aliphatic carbocycles. The lowest BCUT2D eigenvalue weighted by Crippen LogP contribution is -2.54. The fourth-order valence-corrected chi connectivity index (χ4v) is 4.84. The van der Waals surface area contributed by atoms with Crippen molar-refractivity contribution in [3.8, 4) is 0 Å². The molecule has 0 spiro atoms. The number of hydrogen-bond donors (Lipinski definition) is 1. The van der Waals surface area contributed by atoms with Crippen LogP contribution in [0.3, 0.4) is 0 Å². The lowest BCUT2D eigenvalue weighted by atomic mass is 9.80. The van der Waals surface area contributed by atoms with Gasteiger partial charge in [0.2, 0.25) is 0 Å². The average Bonchev–Trinajstić information content (AvgIpc) is 2.69. The maximum absolute atomic E-state index is 15.1. The highest BCUT2D eigenvalue weighted by Crippen LogP contribution is 2.43. The average molecular weight is 450 g/mol. The van der Waals surface area contributed by atoms with Gasteiger partial charge in [-0.3, -0.25) is 14.9 Å². The van der Waals surface area contributed by atoms with Crippen molar-refractivity contribution in [2.24, 2.45) is 0 Å². The summed E-state index contributed by atoms with van der Waals surface area (Å²) in [5, 5.41) is 2.20.